The summed E-state index contributed by atoms with van der Waals surface area (Å²) in [6.45, 7) is 0. The van der Waals surface area contributed by atoms with E-state index in [0.29, 0.717) is 5.76 Å². The summed E-state index contributed by atoms with van der Waals surface area (Å²) in [6, 6.07) is 12.2. The molecule has 3 rings (SSSR count). The van der Waals surface area contributed by atoms with E-state index in [0.717, 1.165) is 16.7 Å². The maximum Gasteiger partial charge on any atom is 0.227 e. The smallest absolute Gasteiger partial charge is 0.227 e. The van der Waals surface area contributed by atoms with Gasteiger partial charge in [-0.05, 0) is 46.7 Å². The van der Waals surface area contributed by atoms with E-state index in [2.05, 4.69) is 0 Å². The molecular weight excluding hydrogens is 260 g/mol. The number of nitrogens with zero attached hydrogens (tertiary/aromatic N) is 1. The molecule has 0 spiro atoms. The van der Waals surface area contributed by atoms with Crippen LogP contribution < -0.4 is 4.74 Å². The molecule has 0 unspecified atom stereocenters. The fraction of sp³-hybridized carbons (Fsp3) is 0.0625. The Hall–Kier alpha value is -2.49. The molecule has 0 atom stereocenters. The lowest BCUT2D eigenvalue weighted by atomic mass is 10.0. The van der Waals surface area contributed by atoms with Gasteiger partial charge in [-0.1, -0.05) is 12.1 Å². The van der Waals surface area contributed by atoms with E-state index in [1.54, 1.807) is 36.1 Å². The average Bonchev–Trinajstić information content (AvgIpc) is 2.82. The summed E-state index contributed by atoms with van der Waals surface area (Å²) in [5.74, 6) is 0.0390. The van der Waals surface area contributed by atoms with Crippen molar-refractivity contribution in [1.82, 2.24) is 0 Å². The molecule has 2 nitrogen and oxygen atoms in total. The Kier molecular flexibility index (Phi) is 3.06. The highest BCUT2D eigenvalue weighted by Gasteiger charge is 2.19. The minimum Gasteiger partial charge on any atom is -0.236 e. The van der Waals surface area contributed by atoms with Crippen molar-refractivity contribution in [2.24, 2.45) is 7.05 Å². The van der Waals surface area contributed by atoms with Crippen molar-refractivity contribution >= 4 is 0 Å². The topological polar surface area (TPSA) is 17.0 Å². The van der Waals surface area contributed by atoms with Crippen LogP contribution in [0.25, 0.3) is 22.5 Å². The van der Waals surface area contributed by atoms with Gasteiger partial charge in [-0.15, -0.1) is 0 Å². The Labute approximate surface area is 114 Å². The summed E-state index contributed by atoms with van der Waals surface area (Å²) in [5.41, 5.74) is 2.44. The third-order valence-electron chi connectivity index (χ3n) is 3.05. The Morgan fingerprint density at radius 2 is 1.30 bits per heavy atom. The number of hydrogen-bond donors (Lipinski definition) is 0. The van der Waals surface area contributed by atoms with Crippen LogP contribution in [-0.2, 0) is 7.05 Å². The van der Waals surface area contributed by atoms with Gasteiger partial charge >= 0.3 is 0 Å². The zero-order valence-corrected chi connectivity index (χ0v) is 10.8. The van der Waals surface area contributed by atoms with E-state index in [9.17, 15) is 8.78 Å². The van der Waals surface area contributed by atoms with Crippen LogP contribution in [0.3, 0.4) is 0 Å². The maximum atomic E-state index is 13.0. The molecule has 0 amide bonds. The van der Waals surface area contributed by atoms with Gasteiger partial charge < -0.3 is 0 Å². The van der Waals surface area contributed by atoms with E-state index < -0.39 is 0 Å². The Balaban J connectivity index is 2.12. The molecule has 0 aliphatic heterocycles. The summed E-state index contributed by atoms with van der Waals surface area (Å²) in [5, 5.41) is 0. The number of rotatable bonds is 2. The van der Waals surface area contributed by atoms with Gasteiger partial charge in [-0.25, -0.2) is 13.3 Å². The molecule has 20 heavy (non-hydrogen) atoms. The van der Waals surface area contributed by atoms with Crippen LogP contribution in [0.1, 0.15) is 0 Å². The first-order chi connectivity index (χ1) is 9.63. The second-order valence-electron chi connectivity index (χ2n) is 4.52. The van der Waals surface area contributed by atoms with Gasteiger partial charge in [0.25, 0.3) is 0 Å². The fourth-order valence-corrected chi connectivity index (χ4v) is 2.10. The third kappa shape index (κ3) is 2.32. The normalized spacial score (nSPS) is 10.8. The van der Waals surface area contributed by atoms with E-state index in [1.807, 2.05) is 6.20 Å². The minimum atomic E-state index is -0.298. The second-order valence-corrected chi connectivity index (χ2v) is 4.52. The largest absolute Gasteiger partial charge is 0.236 e. The SMILES string of the molecule is C[n+]1cc(-c2ccc(F)cc2)c(-c2ccc(F)cc2)o1. The molecule has 2 aromatic carbocycles. The molecule has 0 saturated heterocycles. The van der Waals surface area contributed by atoms with Crippen molar-refractivity contribution in [3.05, 3.63) is 66.4 Å². The Bertz CT molecular complexity index is 667. The third-order valence-corrected chi connectivity index (χ3v) is 3.05. The van der Waals surface area contributed by atoms with Crippen molar-refractivity contribution in [3.8, 4) is 22.5 Å². The first-order valence-electron chi connectivity index (χ1n) is 6.15. The highest BCUT2D eigenvalue weighted by molar-refractivity contribution is 5.78. The molecule has 3 aromatic rings. The number of aromatic nitrogens is 1. The van der Waals surface area contributed by atoms with Gasteiger partial charge in [-0.2, -0.15) is 0 Å². The summed E-state index contributed by atoms with van der Waals surface area (Å²) in [4.78, 5) is 0. The van der Waals surface area contributed by atoms with Crippen molar-refractivity contribution < 1.29 is 18.0 Å². The van der Waals surface area contributed by atoms with E-state index >= 15 is 0 Å². The molecular formula is C16H12F2NO+. The lowest BCUT2D eigenvalue weighted by Gasteiger charge is -1.99. The van der Waals surface area contributed by atoms with Gasteiger partial charge in [0.1, 0.15) is 17.2 Å². The zero-order chi connectivity index (χ0) is 14.1. The zero-order valence-electron chi connectivity index (χ0n) is 10.8. The fourth-order valence-electron chi connectivity index (χ4n) is 2.10. The Morgan fingerprint density at radius 1 is 0.800 bits per heavy atom. The summed E-state index contributed by atoms with van der Waals surface area (Å²) in [7, 11) is 1.76. The Morgan fingerprint density at radius 3 is 1.85 bits per heavy atom. The van der Waals surface area contributed by atoms with Crippen molar-refractivity contribution in [2.75, 3.05) is 0 Å². The second kappa shape index (κ2) is 4.89. The predicted octanol–water partition coefficient (Wildman–Crippen LogP) is 3.72. The van der Waals surface area contributed by atoms with Crippen LogP contribution in [0.4, 0.5) is 8.78 Å². The van der Waals surface area contributed by atoms with Gasteiger partial charge in [-0.3, -0.25) is 0 Å². The molecule has 1 aromatic heterocycles. The van der Waals surface area contributed by atoms with Gasteiger partial charge in [0.15, 0.2) is 7.05 Å². The minimum absolute atomic E-state index is 0.287. The van der Waals surface area contributed by atoms with Crippen molar-refractivity contribution in [2.45, 2.75) is 0 Å². The van der Waals surface area contributed by atoms with Crippen LogP contribution in [-0.4, -0.2) is 0 Å². The molecule has 0 fully saturated rings. The molecule has 1 heterocycles. The van der Waals surface area contributed by atoms with Gasteiger partial charge in [0.2, 0.25) is 12.0 Å². The summed E-state index contributed by atoms with van der Waals surface area (Å²) in [6.07, 6.45) is 1.81. The van der Waals surface area contributed by atoms with Gasteiger partial charge in [0, 0.05) is 5.56 Å². The van der Waals surface area contributed by atoms with Crippen molar-refractivity contribution in [3.63, 3.8) is 0 Å². The highest BCUT2D eigenvalue weighted by atomic mass is 19.1. The van der Waals surface area contributed by atoms with E-state index in [-0.39, 0.29) is 11.6 Å². The van der Waals surface area contributed by atoms with Crippen LogP contribution in [0.2, 0.25) is 0 Å². The summed E-state index contributed by atoms with van der Waals surface area (Å²) >= 11 is 0. The molecule has 0 saturated carbocycles. The lowest BCUT2D eigenvalue weighted by molar-refractivity contribution is -0.843. The molecule has 0 bridgehead atoms. The lowest BCUT2D eigenvalue weighted by Crippen LogP contribution is -2.22. The van der Waals surface area contributed by atoms with Gasteiger partial charge in [0.05, 0.1) is 0 Å². The average molecular weight is 272 g/mol. The van der Waals surface area contributed by atoms with E-state index in [1.165, 1.54) is 24.3 Å². The van der Waals surface area contributed by atoms with Crippen LogP contribution in [0.15, 0.2) is 59.3 Å². The molecule has 0 radical (unpaired) electrons. The standard InChI is InChI=1S/C16H12F2NO/c1-19-10-15(11-2-6-13(17)7-3-11)16(20-19)12-4-8-14(18)9-5-12/h2-10H,1H3/q+1. The monoisotopic (exact) mass is 272 g/mol. The molecule has 0 aliphatic rings. The quantitative estimate of drug-likeness (QED) is 0.650. The highest BCUT2D eigenvalue weighted by Crippen LogP contribution is 2.31. The molecule has 0 aliphatic carbocycles. The number of aryl methyl sites for hydroxylation is 1. The predicted molar refractivity (Wildman–Crippen MR) is 70.7 cm³/mol. The van der Waals surface area contributed by atoms with E-state index in [4.69, 9.17) is 4.52 Å². The molecule has 100 valence electrons. The van der Waals surface area contributed by atoms with Crippen LogP contribution in [0.5, 0.6) is 0 Å². The van der Waals surface area contributed by atoms with Crippen molar-refractivity contribution in [1.29, 1.82) is 0 Å². The number of benzene rings is 2. The molecule has 0 N–H and O–H groups in total. The molecule has 4 heteroatoms. The number of halogens is 2. The first kappa shape index (κ1) is 12.5. The number of hydrogen-bond acceptors (Lipinski definition) is 1. The van der Waals surface area contributed by atoms with Crippen LogP contribution in [0, 0.1) is 11.6 Å². The summed E-state index contributed by atoms with van der Waals surface area (Å²) < 4.78 is 33.2. The van der Waals surface area contributed by atoms with Crippen LogP contribution >= 0.6 is 0 Å². The first-order valence-corrected chi connectivity index (χ1v) is 6.15. The maximum absolute atomic E-state index is 13.0.